The van der Waals surface area contributed by atoms with Crippen LogP contribution in [0.4, 0.5) is 10.5 Å². The number of nitrogens with one attached hydrogen (secondary N) is 3. The van der Waals surface area contributed by atoms with Crippen LogP contribution in [0.2, 0.25) is 0 Å². The van der Waals surface area contributed by atoms with Crippen LogP contribution in [0, 0.1) is 0 Å². The normalized spacial score (nSPS) is 14.9. The first kappa shape index (κ1) is 27.3. The molecular weight excluding hydrogens is 508 g/mol. The number of thiazole rings is 1. The van der Waals surface area contributed by atoms with Crippen molar-refractivity contribution in [2.45, 2.75) is 68.8 Å². The van der Waals surface area contributed by atoms with Crippen molar-refractivity contribution < 1.29 is 18.3 Å². The molecule has 37 heavy (non-hydrogen) atoms. The summed E-state index contributed by atoms with van der Waals surface area (Å²) >= 11 is 1.52. The van der Waals surface area contributed by atoms with Gasteiger partial charge < -0.3 is 15.7 Å². The molecular formula is C27H34N4O4S2. The van der Waals surface area contributed by atoms with E-state index >= 15 is 0 Å². The molecule has 3 aromatic rings. The molecule has 0 aliphatic heterocycles. The summed E-state index contributed by atoms with van der Waals surface area (Å²) in [4.78, 5) is 17.9. The Balaban J connectivity index is 1.61. The highest BCUT2D eigenvalue weighted by Crippen LogP contribution is 2.39. The number of sulfonamides is 1. The van der Waals surface area contributed by atoms with Gasteiger partial charge in [-0.2, -0.15) is 0 Å². The molecule has 0 atom stereocenters. The van der Waals surface area contributed by atoms with Crippen LogP contribution in [0.5, 0.6) is 0 Å². The van der Waals surface area contributed by atoms with Crippen molar-refractivity contribution in [3.05, 3.63) is 65.3 Å². The minimum absolute atomic E-state index is 0.0220. The number of aliphatic hydroxyl groups excluding tert-OH is 1. The van der Waals surface area contributed by atoms with E-state index in [0.717, 1.165) is 28.3 Å². The molecule has 1 fully saturated rings. The predicted octanol–water partition coefficient (Wildman–Crippen LogP) is 5.23. The van der Waals surface area contributed by atoms with Crippen molar-refractivity contribution in [3.8, 4) is 10.4 Å². The lowest BCUT2D eigenvalue weighted by molar-refractivity contribution is 0.208. The number of urea groups is 1. The van der Waals surface area contributed by atoms with Gasteiger partial charge in [0, 0.05) is 29.9 Å². The molecule has 0 bridgehead atoms. The molecule has 8 nitrogen and oxygen atoms in total. The van der Waals surface area contributed by atoms with Gasteiger partial charge in [0.05, 0.1) is 26.9 Å². The Kier molecular flexibility index (Phi) is 8.63. The maximum absolute atomic E-state index is 13.5. The Hall–Kier alpha value is -2.79. The molecule has 0 spiro atoms. The van der Waals surface area contributed by atoms with Crippen molar-refractivity contribution in [3.63, 3.8) is 0 Å². The third-order valence-electron chi connectivity index (χ3n) is 6.37. The monoisotopic (exact) mass is 542 g/mol. The zero-order valence-electron chi connectivity index (χ0n) is 21.2. The number of hydrogen-bond donors (Lipinski definition) is 4. The first-order valence-electron chi connectivity index (χ1n) is 12.5. The summed E-state index contributed by atoms with van der Waals surface area (Å²) in [6.07, 6.45) is 7.56. The summed E-state index contributed by atoms with van der Waals surface area (Å²) < 4.78 is 29.6. The molecule has 198 valence electrons. The van der Waals surface area contributed by atoms with E-state index in [1.807, 2.05) is 30.3 Å². The lowest BCUT2D eigenvalue weighted by atomic mass is 9.90. The first-order chi connectivity index (χ1) is 17.7. The van der Waals surface area contributed by atoms with Gasteiger partial charge in [-0.15, -0.1) is 11.3 Å². The third-order valence-corrected chi connectivity index (χ3v) is 9.31. The van der Waals surface area contributed by atoms with E-state index < -0.39 is 21.6 Å². The number of aliphatic hydroxyl groups is 1. The Morgan fingerprint density at radius 3 is 2.54 bits per heavy atom. The fourth-order valence-corrected chi connectivity index (χ4v) is 7.22. The second kappa shape index (κ2) is 11.7. The Morgan fingerprint density at radius 2 is 1.84 bits per heavy atom. The summed E-state index contributed by atoms with van der Waals surface area (Å²) in [5, 5.41) is 16.2. The number of benzene rings is 2. The second-order valence-corrected chi connectivity index (χ2v) is 12.8. The van der Waals surface area contributed by atoms with Gasteiger partial charge in [-0.3, -0.25) is 0 Å². The fraction of sp³-hybridized carbons (Fsp3) is 0.407. The highest BCUT2D eigenvalue weighted by Gasteiger charge is 2.29. The average Bonchev–Trinajstić information content (AvgIpc) is 3.38. The SMILES string of the molecule is CC(C)(CO)NS(=O)(=O)c1cc(NC(=O)NCc2ccccc2)ccc1-c1cnc(C2CCCCC2)s1. The lowest BCUT2D eigenvalue weighted by Gasteiger charge is -2.24. The van der Waals surface area contributed by atoms with Gasteiger partial charge in [-0.1, -0.05) is 55.7 Å². The summed E-state index contributed by atoms with van der Waals surface area (Å²) in [7, 11) is -4.04. The average molecular weight is 543 g/mol. The van der Waals surface area contributed by atoms with E-state index in [-0.39, 0.29) is 11.5 Å². The Bertz CT molecular complexity index is 1320. The quantitative estimate of drug-likeness (QED) is 0.295. The number of rotatable bonds is 9. The van der Waals surface area contributed by atoms with Gasteiger partial charge >= 0.3 is 6.03 Å². The highest BCUT2D eigenvalue weighted by atomic mass is 32.2. The zero-order valence-corrected chi connectivity index (χ0v) is 22.8. The van der Waals surface area contributed by atoms with Gasteiger partial charge in [0.1, 0.15) is 0 Å². The Labute approximate surface area is 222 Å². The van der Waals surface area contributed by atoms with E-state index in [1.54, 1.807) is 32.2 Å². The van der Waals surface area contributed by atoms with Crippen molar-refractivity contribution >= 4 is 33.1 Å². The third kappa shape index (κ3) is 7.16. The van der Waals surface area contributed by atoms with Gasteiger partial charge in [-0.05, 0) is 44.4 Å². The van der Waals surface area contributed by atoms with Crippen molar-refractivity contribution in [1.82, 2.24) is 15.0 Å². The number of hydrogen-bond acceptors (Lipinski definition) is 6. The largest absolute Gasteiger partial charge is 0.394 e. The molecule has 1 aromatic heterocycles. The van der Waals surface area contributed by atoms with E-state index in [2.05, 4.69) is 20.3 Å². The minimum atomic E-state index is -4.04. The Morgan fingerprint density at radius 1 is 1.11 bits per heavy atom. The van der Waals surface area contributed by atoms with Crippen molar-refractivity contribution in [1.29, 1.82) is 0 Å². The molecule has 1 heterocycles. The number of carbonyl (C=O) groups is 1. The lowest BCUT2D eigenvalue weighted by Crippen LogP contribution is -2.46. The summed E-state index contributed by atoms with van der Waals surface area (Å²) in [6.45, 7) is 3.19. The van der Waals surface area contributed by atoms with Gasteiger partial charge in [0.15, 0.2) is 0 Å². The molecule has 0 radical (unpaired) electrons. The topological polar surface area (TPSA) is 120 Å². The number of anilines is 1. The number of nitrogens with zero attached hydrogens (tertiary/aromatic N) is 1. The molecule has 10 heteroatoms. The van der Waals surface area contributed by atoms with Crippen LogP contribution in [-0.2, 0) is 16.6 Å². The van der Waals surface area contributed by atoms with Crippen LogP contribution in [0.15, 0.2) is 59.6 Å². The van der Waals surface area contributed by atoms with Crippen LogP contribution >= 0.6 is 11.3 Å². The van der Waals surface area contributed by atoms with Crippen LogP contribution in [0.1, 0.15) is 62.4 Å². The number of aromatic nitrogens is 1. The highest BCUT2D eigenvalue weighted by molar-refractivity contribution is 7.89. The van der Waals surface area contributed by atoms with E-state index in [1.165, 1.54) is 36.7 Å². The molecule has 1 saturated carbocycles. The smallest absolute Gasteiger partial charge is 0.319 e. The standard InChI is InChI=1S/C27H34N4O4S2/c1-27(2,18-32)31-37(34,35)24-15-21(30-26(33)29-16-19-9-5-3-6-10-19)13-14-22(24)23-17-28-25(36-23)20-11-7-4-8-12-20/h3,5-6,9-10,13-15,17,20,31-32H,4,7-8,11-12,16,18H2,1-2H3,(H2,29,30,33). The number of carbonyl (C=O) groups excluding carboxylic acids is 1. The molecule has 2 amide bonds. The minimum Gasteiger partial charge on any atom is -0.394 e. The van der Waals surface area contributed by atoms with E-state index in [4.69, 9.17) is 0 Å². The summed E-state index contributed by atoms with van der Waals surface area (Å²) in [5.41, 5.74) is 0.739. The van der Waals surface area contributed by atoms with Crippen LogP contribution in [0.25, 0.3) is 10.4 Å². The first-order valence-corrected chi connectivity index (χ1v) is 14.8. The van der Waals surface area contributed by atoms with Crippen molar-refractivity contribution in [2.24, 2.45) is 0 Å². The fourth-order valence-electron chi connectivity index (χ4n) is 4.38. The number of amides is 2. The molecule has 2 aromatic carbocycles. The predicted molar refractivity (Wildman–Crippen MR) is 147 cm³/mol. The zero-order chi connectivity index (χ0) is 26.5. The van der Waals surface area contributed by atoms with E-state index in [9.17, 15) is 18.3 Å². The van der Waals surface area contributed by atoms with Crippen molar-refractivity contribution in [2.75, 3.05) is 11.9 Å². The summed E-state index contributed by atoms with van der Waals surface area (Å²) in [5.74, 6) is 0.410. The van der Waals surface area contributed by atoms with E-state index in [0.29, 0.717) is 23.7 Å². The maximum Gasteiger partial charge on any atom is 0.319 e. The molecule has 1 aliphatic rings. The van der Waals surface area contributed by atoms with Crippen LogP contribution in [-0.4, -0.2) is 36.7 Å². The van der Waals surface area contributed by atoms with Gasteiger partial charge in [0.25, 0.3) is 0 Å². The molecule has 4 N–H and O–H groups in total. The molecule has 4 rings (SSSR count). The molecule has 0 saturated heterocycles. The van der Waals surface area contributed by atoms with Gasteiger partial charge in [-0.25, -0.2) is 22.9 Å². The second-order valence-electron chi connectivity index (χ2n) is 10.0. The molecule has 1 aliphatic carbocycles. The van der Waals surface area contributed by atoms with Crippen LogP contribution in [0.3, 0.4) is 0 Å². The van der Waals surface area contributed by atoms with Crippen LogP contribution < -0.4 is 15.4 Å². The maximum atomic E-state index is 13.5. The summed E-state index contributed by atoms with van der Waals surface area (Å²) in [6, 6.07) is 13.9. The van der Waals surface area contributed by atoms with Gasteiger partial charge in [0.2, 0.25) is 10.0 Å². The molecule has 0 unspecified atom stereocenters.